The summed E-state index contributed by atoms with van der Waals surface area (Å²) in [4.78, 5) is 45.0. The second-order valence-corrected chi connectivity index (χ2v) is 11.4. The number of hydrogen-bond donors (Lipinski definition) is 1. The van der Waals surface area contributed by atoms with Gasteiger partial charge < -0.3 is 24.4 Å². The quantitative estimate of drug-likeness (QED) is 0.351. The van der Waals surface area contributed by atoms with Gasteiger partial charge in [-0.15, -0.1) is 0 Å². The topological polar surface area (TPSA) is 96.4 Å². The van der Waals surface area contributed by atoms with Gasteiger partial charge in [-0.2, -0.15) is 0 Å². The van der Waals surface area contributed by atoms with Crippen molar-refractivity contribution in [2.45, 2.75) is 89.0 Å². The lowest BCUT2D eigenvalue weighted by Gasteiger charge is -2.41. The average molecular weight is 489 g/mol. The lowest BCUT2D eigenvalue weighted by atomic mass is 9.74. The van der Waals surface area contributed by atoms with Gasteiger partial charge in [-0.1, -0.05) is 37.1 Å². The Morgan fingerprint density at radius 2 is 1.77 bits per heavy atom. The zero-order chi connectivity index (χ0) is 25.4. The van der Waals surface area contributed by atoms with E-state index in [-0.39, 0.29) is 18.4 Å². The molecule has 8 heteroatoms. The zero-order valence-electron chi connectivity index (χ0n) is 21.5. The molecule has 4 aliphatic rings. The number of rotatable bonds is 6. The van der Waals surface area contributed by atoms with Gasteiger partial charge in [-0.05, 0) is 53.4 Å². The predicted molar refractivity (Wildman–Crippen MR) is 130 cm³/mol. The van der Waals surface area contributed by atoms with Crippen molar-refractivity contribution in [1.82, 2.24) is 9.80 Å². The van der Waals surface area contributed by atoms with Crippen molar-refractivity contribution in [3.8, 4) is 0 Å². The molecule has 0 aromatic carbocycles. The smallest absolute Gasteiger partial charge is 0.313 e. The van der Waals surface area contributed by atoms with Crippen LogP contribution in [0.2, 0.25) is 0 Å². The minimum Gasteiger partial charge on any atom is -0.465 e. The summed E-state index contributed by atoms with van der Waals surface area (Å²) < 4.78 is 12.4. The number of esters is 1. The first-order valence-electron chi connectivity index (χ1n) is 13.0. The molecule has 1 N–H and O–H groups in total. The van der Waals surface area contributed by atoms with Gasteiger partial charge in [0, 0.05) is 25.2 Å². The number of fused-ring (bicyclic) bond motifs is 2. The van der Waals surface area contributed by atoms with Crippen molar-refractivity contribution >= 4 is 17.8 Å². The van der Waals surface area contributed by atoms with Crippen molar-refractivity contribution in [1.29, 1.82) is 0 Å². The van der Waals surface area contributed by atoms with Crippen molar-refractivity contribution < 1.29 is 29.0 Å². The Balaban J connectivity index is 1.77. The number of aliphatic hydroxyl groups excluding tert-OH is 1. The molecule has 0 aliphatic carbocycles. The average Bonchev–Trinajstić information content (AvgIpc) is 3.12. The summed E-state index contributed by atoms with van der Waals surface area (Å²) in [7, 11) is 0. The maximum absolute atomic E-state index is 14.1. The molecule has 2 fully saturated rings. The van der Waals surface area contributed by atoms with Gasteiger partial charge in [0.05, 0.1) is 18.1 Å². The number of carbonyl (C=O) groups is 3. The number of amides is 2. The van der Waals surface area contributed by atoms with Gasteiger partial charge in [0.2, 0.25) is 11.8 Å². The zero-order valence-corrected chi connectivity index (χ0v) is 21.5. The van der Waals surface area contributed by atoms with Gasteiger partial charge in [-0.25, -0.2) is 0 Å². The minimum absolute atomic E-state index is 0.143. The minimum atomic E-state index is -1.23. The number of carbonyl (C=O) groups excluding carboxylic acids is 3. The second-order valence-electron chi connectivity index (χ2n) is 11.4. The summed E-state index contributed by atoms with van der Waals surface area (Å²) in [5.41, 5.74) is -2.72. The van der Waals surface area contributed by atoms with E-state index in [1.807, 2.05) is 52.0 Å². The van der Waals surface area contributed by atoms with E-state index in [0.717, 1.165) is 25.7 Å². The van der Waals surface area contributed by atoms with E-state index >= 15 is 0 Å². The van der Waals surface area contributed by atoms with Crippen LogP contribution in [0.5, 0.6) is 0 Å². The molecule has 35 heavy (non-hydrogen) atoms. The molecule has 0 bridgehead atoms. The third-order valence-corrected chi connectivity index (χ3v) is 7.87. The number of allylic oxidation sites excluding steroid dienone is 1. The van der Waals surface area contributed by atoms with Crippen LogP contribution in [0, 0.1) is 11.8 Å². The van der Waals surface area contributed by atoms with Crippen LogP contribution in [0.15, 0.2) is 24.3 Å². The number of aliphatic hydroxyl groups is 1. The van der Waals surface area contributed by atoms with E-state index in [1.165, 1.54) is 0 Å². The van der Waals surface area contributed by atoms with Crippen LogP contribution >= 0.6 is 0 Å². The predicted octanol–water partition coefficient (Wildman–Crippen LogP) is 2.60. The van der Waals surface area contributed by atoms with E-state index in [0.29, 0.717) is 32.5 Å². The Hall–Kier alpha value is -2.19. The molecule has 5 atom stereocenters. The molecular weight excluding hydrogens is 448 g/mol. The Bertz CT molecular complexity index is 908. The fraction of sp³-hybridized carbons (Fsp3) is 0.741. The van der Waals surface area contributed by atoms with E-state index in [4.69, 9.17) is 14.6 Å². The monoisotopic (exact) mass is 488 g/mol. The summed E-state index contributed by atoms with van der Waals surface area (Å²) >= 11 is 0. The summed E-state index contributed by atoms with van der Waals surface area (Å²) in [6.07, 6.45) is 12.3. The fourth-order valence-corrected chi connectivity index (χ4v) is 6.23. The van der Waals surface area contributed by atoms with Crippen LogP contribution in [0.4, 0.5) is 0 Å². The van der Waals surface area contributed by atoms with E-state index in [1.54, 1.807) is 9.80 Å². The van der Waals surface area contributed by atoms with E-state index in [2.05, 4.69) is 0 Å². The van der Waals surface area contributed by atoms with Gasteiger partial charge in [0.15, 0.2) is 0 Å². The van der Waals surface area contributed by atoms with Crippen LogP contribution < -0.4 is 0 Å². The Morgan fingerprint density at radius 3 is 2.49 bits per heavy atom. The molecule has 194 valence electrons. The molecule has 1 unspecified atom stereocenters. The summed E-state index contributed by atoms with van der Waals surface area (Å²) in [5.74, 6) is -2.46. The van der Waals surface area contributed by atoms with Crippen molar-refractivity contribution in [3.63, 3.8) is 0 Å². The van der Waals surface area contributed by atoms with Crippen molar-refractivity contribution in [2.24, 2.45) is 11.8 Å². The lowest BCUT2D eigenvalue weighted by Crippen LogP contribution is -2.59. The van der Waals surface area contributed by atoms with Crippen molar-refractivity contribution in [2.75, 3.05) is 26.3 Å². The first-order valence-corrected chi connectivity index (χ1v) is 13.0. The molecule has 8 nitrogen and oxygen atoms in total. The summed E-state index contributed by atoms with van der Waals surface area (Å²) in [6.45, 7) is 9.05. The highest BCUT2D eigenvalue weighted by molar-refractivity contribution is 5.99. The molecule has 1 spiro atoms. The number of cyclic esters (lactones) is 1. The first kappa shape index (κ1) is 25.9. The highest BCUT2D eigenvalue weighted by atomic mass is 16.6. The van der Waals surface area contributed by atoms with Gasteiger partial charge >= 0.3 is 5.97 Å². The molecule has 0 aromatic rings. The molecule has 0 radical (unpaired) electrons. The second kappa shape index (κ2) is 9.69. The number of likely N-dealkylation sites (tertiary alicyclic amines) is 1. The maximum Gasteiger partial charge on any atom is 0.313 e. The molecule has 4 aliphatic heterocycles. The van der Waals surface area contributed by atoms with Crippen LogP contribution in [0.3, 0.4) is 0 Å². The van der Waals surface area contributed by atoms with Gasteiger partial charge in [-0.3, -0.25) is 14.4 Å². The third-order valence-electron chi connectivity index (χ3n) is 7.87. The molecule has 2 saturated heterocycles. The number of hydrogen-bond acceptors (Lipinski definition) is 6. The number of nitrogens with zero attached hydrogens (tertiary/aromatic N) is 2. The molecular formula is C27H40N2O6. The SMILES string of the molecule is CC(C)(C)N1CC=C[C@]23O[C@]4(C)/C=C\CCCOC(=O)[C@@H]4[C@H]2C(=O)N(CCCCCCO)C3C1=O. The summed E-state index contributed by atoms with van der Waals surface area (Å²) in [5, 5.41) is 9.09. The number of unbranched alkanes of at least 4 members (excludes halogenated alkanes) is 3. The van der Waals surface area contributed by atoms with Gasteiger partial charge in [0.1, 0.15) is 17.6 Å². The largest absolute Gasteiger partial charge is 0.465 e. The van der Waals surface area contributed by atoms with E-state index in [9.17, 15) is 14.4 Å². The molecule has 0 saturated carbocycles. The first-order chi connectivity index (χ1) is 16.6. The molecule has 4 heterocycles. The number of ether oxygens (including phenoxy) is 2. The van der Waals surface area contributed by atoms with Crippen LogP contribution in [-0.4, -0.2) is 81.8 Å². The maximum atomic E-state index is 14.1. The van der Waals surface area contributed by atoms with Crippen molar-refractivity contribution in [3.05, 3.63) is 24.3 Å². The lowest BCUT2D eigenvalue weighted by molar-refractivity contribution is -0.160. The third kappa shape index (κ3) is 4.44. The molecule has 4 rings (SSSR count). The Kier molecular flexibility index (Phi) is 7.17. The van der Waals surface area contributed by atoms with Crippen LogP contribution in [0.25, 0.3) is 0 Å². The Labute approximate surface area is 208 Å². The van der Waals surface area contributed by atoms with Crippen LogP contribution in [-0.2, 0) is 23.9 Å². The highest BCUT2D eigenvalue weighted by Crippen LogP contribution is 2.57. The molecule has 0 aromatic heterocycles. The van der Waals surface area contributed by atoms with Crippen LogP contribution in [0.1, 0.15) is 66.2 Å². The Morgan fingerprint density at radius 1 is 1.03 bits per heavy atom. The highest BCUT2D eigenvalue weighted by Gasteiger charge is 2.74. The standard InChI is InChI=1S/C27H40N2O6/c1-25(2,3)29-16-12-14-27-19(20-24(33)34-18-11-7-8-13-26(20,4)35-27)22(31)28(21(27)23(29)32)15-9-5-6-10-17-30/h8,12-14,19-21,30H,5-7,9-11,15-18H2,1-4H3/b13-8-/t19-,20-,21?,26+,27-/m0/s1. The normalized spacial score (nSPS) is 36.0. The molecule has 2 amide bonds. The van der Waals surface area contributed by atoms with E-state index < -0.39 is 40.6 Å². The fourth-order valence-electron chi connectivity index (χ4n) is 6.23. The van der Waals surface area contributed by atoms with Gasteiger partial charge in [0.25, 0.3) is 0 Å². The summed E-state index contributed by atoms with van der Waals surface area (Å²) in [6, 6.07) is -0.843.